The third kappa shape index (κ3) is 28.9. The van der Waals surface area contributed by atoms with Gasteiger partial charge in [-0.3, -0.25) is 23.9 Å². The van der Waals surface area contributed by atoms with Crippen LogP contribution in [0.4, 0.5) is 0 Å². The Hall–Kier alpha value is -5.90. The van der Waals surface area contributed by atoms with Crippen LogP contribution in [0.25, 0.3) is 0 Å². The predicted molar refractivity (Wildman–Crippen MR) is 273 cm³/mol. The number of hydrogen-bond donors (Lipinski definition) is 5. The summed E-state index contributed by atoms with van der Waals surface area (Å²) in [5.74, 6) is 4.22. The fraction of sp³-hybridized carbons (Fsp3) is 0.617. The molecule has 2 amide bonds. The number of amides is 2. The molecule has 0 aliphatic heterocycles. The minimum Gasteiger partial charge on any atom is -0.502 e. The molecule has 0 spiro atoms. The number of nitrogens with zero attached hydrogens (tertiary/aromatic N) is 8. The highest BCUT2D eigenvalue weighted by molar-refractivity contribution is 7.05. The van der Waals surface area contributed by atoms with Crippen LogP contribution in [-0.4, -0.2) is 80.1 Å². The largest absolute Gasteiger partial charge is 0.502 e. The summed E-state index contributed by atoms with van der Waals surface area (Å²) in [7, 11) is 3.28. The Bertz CT molecular complexity index is 2290. The number of tetrazole rings is 1. The lowest BCUT2D eigenvalue weighted by Crippen LogP contribution is -2.22. The third-order valence-electron chi connectivity index (χ3n) is 8.58. The molecule has 0 aliphatic carbocycles. The van der Waals surface area contributed by atoms with Crippen molar-refractivity contribution in [3.05, 3.63) is 96.1 Å². The Balaban J connectivity index is 0. The Morgan fingerprint density at radius 3 is 1.46 bits per heavy atom. The number of carbonyl (C=O) groups is 2. The van der Waals surface area contributed by atoms with E-state index in [-0.39, 0.29) is 46.7 Å². The van der Waals surface area contributed by atoms with Crippen LogP contribution >= 0.6 is 23.3 Å². The zero-order valence-corrected chi connectivity index (χ0v) is 46.3. The van der Waals surface area contributed by atoms with Gasteiger partial charge in [0.1, 0.15) is 12.0 Å². The van der Waals surface area contributed by atoms with E-state index in [0.29, 0.717) is 35.1 Å². The Morgan fingerprint density at radius 1 is 0.667 bits per heavy atom. The van der Waals surface area contributed by atoms with E-state index < -0.39 is 5.76 Å². The number of H-pyrrole nitrogens is 2. The molecule has 6 aromatic rings. The van der Waals surface area contributed by atoms with E-state index >= 15 is 0 Å². The first-order valence-corrected chi connectivity index (χ1v) is 24.3. The van der Waals surface area contributed by atoms with Crippen LogP contribution in [0.3, 0.4) is 0 Å². The third-order valence-corrected chi connectivity index (χ3v) is 10.4. The van der Waals surface area contributed by atoms with Gasteiger partial charge in [-0.25, -0.2) is 4.79 Å². The van der Waals surface area contributed by atoms with Crippen molar-refractivity contribution in [2.24, 2.45) is 11.8 Å². The van der Waals surface area contributed by atoms with E-state index in [9.17, 15) is 19.2 Å². The summed E-state index contributed by atoms with van der Waals surface area (Å²) in [6.07, 6.45) is 2.40. The van der Waals surface area contributed by atoms with Crippen LogP contribution in [-0.2, 0) is 9.59 Å². The summed E-state index contributed by atoms with van der Waals surface area (Å²) in [5, 5.41) is 34.6. The SMILES string of the molecule is CC(C)c1cocc(O)c1=O.CC(C)c1nn[nH]n1.CC(C)c1noc(=O)[nH]1.CNC(=O)C(C)C.CNC(=O)C(C)C.Cc1cc(C(C)C)on1.Cc1cc(C(C)C)sn1.Cc1nsnc1C(C)C. The second kappa shape index (κ2) is 35.2. The van der Waals surface area contributed by atoms with E-state index in [4.69, 9.17) is 14.0 Å². The lowest BCUT2D eigenvalue weighted by molar-refractivity contribution is -0.124. The molecule has 6 rings (SSSR count). The van der Waals surface area contributed by atoms with Gasteiger partial charge in [0.15, 0.2) is 17.4 Å². The molecule has 69 heavy (non-hydrogen) atoms. The molecule has 0 radical (unpaired) electrons. The van der Waals surface area contributed by atoms with Crippen molar-refractivity contribution in [2.75, 3.05) is 14.1 Å². The minimum absolute atomic E-state index is 0.0818. The summed E-state index contributed by atoms with van der Waals surface area (Å²) in [5.41, 5.74) is 4.48. The molecule has 0 aromatic carbocycles. The fourth-order valence-corrected chi connectivity index (χ4v) is 5.80. The van der Waals surface area contributed by atoms with E-state index in [2.05, 4.69) is 112 Å². The summed E-state index contributed by atoms with van der Waals surface area (Å²) in [4.78, 5) is 46.0. The number of aromatic nitrogens is 10. The second-order valence-corrected chi connectivity index (χ2v) is 19.1. The van der Waals surface area contributed by atoms with Gasteiger partial charge in [-0.2, -0.15) is 18.3 Å². The highest BCUT2D eigenvalue weighted by Gasteiger charge is 2.09. The van der Waals surface area contributed by atoms with Gasteiger partial charge in [0.05, 0.1) is 40.8 Å². The predicted octanol–water partition coefficient (Wildman–Crippen LogP) is 9.71. The minimum atomic E-state index is -0.487. The first-order valence-electron chi connectivity index (χ1n) is 22.8. The van der Waals surface area contributed by atoms with Crippen molar-refractivity contribution in [3.63, 3.8) is 0 Å². The lowest BCUT2D eigenvalue weighted by Gasteiger charge is -2.01. The molecule has 0 unspecified atom stereocenters. The average Bonchev–Trinajstić information content (AvgIpc) is 4.15. The summed E-state index contributed by atoms with van der Waals surface area (Å²) in [6, 6.07) is 4.11. The molecule has 0 fully saturated rings. The normalized spacial score (nSPS) is 10.3. The maximum absolute atomic E-state index is 11.1. The Kier molecular flexibility index (Phi) is 33.3. The van der Waals surface area contributed by atoms with E-state index in [1.54, 1.807) is 25.6 Å². The summed E-state index contributed by atoms with van der Waals surface area (Å²) in [6.45, 7) is 37.8. The van der Waals surface area contributed by atoms with Crippen molar-refractivity contribution < 1.29 is 28.2 Å². The monoisotopic (exact) mass is 1000 g/mol. The number of carbonyl (C=O) groups excluding carboxylic acids is 2. The number of aromatic hydroxyl groups is 1. The first kappa shape index (κ1) is 65.2. The van der Waals surface area contributed by atoms with Gasteiger partial charge >= 0.3 is 5.76 Å². The lowest BCUT2D eigenvalue weighted by atomic mass is 10.1. The van der Waals surface area contributed by atoms with Crippen LogP contribution in [0.2, 0.25) is 0 Å². The molecule has 0 saturated carbocycles. The first-order chi connectivity index (χ1) is 32.1. The highest BCUT2D eigenvalue weighted by atomic mass is 32.1. The summed E-state index contributed by atoms with van der Waals surface area (Å²) >= 11 is 2.90. The molecular weight excluding hydrogens is 925 g/mol. The molecule has 0 bridgehead atoms. The van der Waals surface area contributed by atoms with Gasteiger partial charge in [0, 0.05) is 60.2 Å². The maximum atomic E-state index is 11.1. The number of nitrogens with one attached hydrogen (secondary N) is 4. The topological polar surface area (TPSA) is 287 Å². The molecule has 20 nitrogen and oxygen atoms in total. The molecule has 22 heteroatoms. The maximum Gasteiger partial charge on any atom is 0.438 e. The number of aryl methyl sites for hydroxylation is 3. The smallest absolute Gasteiger partial charge is 0.438 e. The number of aromatic amines is 2. The Morgan fingerprint density at radius 2 is 1.25 bits per heavy atom. The second-order valence-electron chi connectivity index (χ2n) is 17.7. The fourth-order valence-electron chi connectivity index (χ4n) is 4.38. The quantitative estimate of drug-likeness (QED) is 0.0948. The zero-order chi connectivity index (χ0) is 53.6. The van der Waals surface area contributed by atoms with E-state index in [1.165, 1.54) is 22.9 Å². The van der Waals surface area contributed by atoms with E-state index in [0.717, 1.165) is 40.6 Å². The molecule has 6 aromatic heterocycles. The van der Waals surface area contributed by atoms with Crippen LogP contribution in [0, 0.1) is 32.6 Å². The molecular formula is C47H80N12O8S2. The molecule has 0 atom stereocenters. The Labute approximate surface area is 416 Å². The van der Waals surface area contributed by atoms with Crippen molar-refractivity contribution in [3.8, 4) is 5.75 Å². The van der Waals surface area contributed by atoms with Crippen LogP contribution in [0.1, 0.15) is 197 Å². The van der Waals surface area contributed by atoms with Gasteiger partial charge in [-0.05, 0) is 56.1 Å². The van der Waals surface area contributed by atoms with Crippen molar-refractivity contribution in [1.82, 2.24) is 59.7 Å². The highest BCUT2D eigenvalue weighted by Crippen LogP contribution is 2.19. The number of hydrogen-bond acceptors (Lipinski definition) is 18. The average molecular weight is 1010 g/mol. The van der Waals surface area contributed by atoms with Crippen molar-refractivity contribution >= 4 is 35.1 Å². The van der Waals surface area contributed by atoms with Gasteiger partial charge in [0.2, 0.25) is 17.2 Å². The number of rotatable bonds is 8. The van der Waals surface area contributed by atoms with Gasteiger partial charge in [0.25, 0.3) is 0 Å². The molecule has 0 aliphatic rings. The molecule has 0 saturated heterocycles. The van der Waals surface area contributed by atoms with Gasteiger partial charge in [-0.1, -0.05) is 126 Å². The summed E-state index contributed by atoms with van der Waals surface area (Å²) < 4.78 is 26.4. The van der Waals surface area contributed by atoms with Crippen LogP contribution in [0.5, 0.6) is 5.75 Å². The van der Waals surface area contributed by atoms with Crippen molar-refractivity contribution in [2.45, 2.75) is 167 Å². The van der Waals surface area contributed by atoms with Crippen molar-refractivity contribution in [1.29, 1.82) is 0 Å². The molecule has 5 N–H and O–H groups in total. The van der Waals surface area contributed by atoms with Gasteiger partial charge < -0.3 is 24.7 Å². The zero-order valence-electron chi connectivity index (χ0n) is 44.6. The van der Waals surface area contributed by atoms with Crippen LogP contribution < -0.4 is 21.8 Å². The van der Waals surface area contributed by atoms with E-state index in [1.807, 2.05) is 96.1 Å². The standard InChI is InChI=1S/C8H10O3.C7H11NO.C7H11NS.C6H10N2S.C5H8N2O2.2C5H11NO.C4H8N4/c1-5(2)6-3-11-4-7(9)8(6)10;2*1-5(2)7-4-6(3)8-9-7;1-4(2)6-5(3)7-9-8-6;1-3(2)4-6-5(8)9-7-4;2*1-4(2)5(7)6-3;1-3(2)4-5-7-8-6-4/h3-5,9H,1-2H3;2*4-5H,1-3H3;4H,1-3H3;3H,1-2H3,(H,6,7,8);2*4H,1-3H3,(H,6,7);3H,1-2H3,(H,5,6,7,8). The van der Waals surface area contributed by atoms with Gasteiger partial charge in [-0.15, -0.1) is 10.2 Å². The van der Waals surface area contributed by atoms with Crippen LogP contribution in [0.15, 0.2) is 47.7 Å². The molecule has 6 heterocycles. The molecule has 388 valence electrons.